The fourth-order valence-electron chi connectivity index (χ4n) is 1.67. The number of nitrogens with one attached hydrogen (secondary N) is 1. The van der Waals surface area contributed by atoms with E-state index in [1.54, 1.807) is 7.11 Å². The maximum Gasteiger partial charge on any atom is 0.103 e. The summed E-state index contributed by atoms with van der Waals surface area (Å²) < 4.78 is 5.05. The summed E-state index contributed by atoms with van der Waals surface area (Å²) in [4.78, 5) is 0. The summed E-state index contributed by atoms with van der Waals surface area (Å²) in [5.74, 6) is 0.455. The fraction of sp³-hybridized carbons (Fsp3) is 1.00. The fourth-order valence-corrected chi connectivity index (χ4v) is 1.67. The van der Waals surface area contributed by atoms with Crippen LogP contribution in [0.2, 0.25) is 0 Å². The Hall–Kier alpha value is -0.120. The minimum atomic E-state index is -0.621. The van der Waals surface area contributed by atoms with E-state index in [9.17, 15) is 5.11 Å². The highest BCUT2D eigenvalue weighted by Gasteiger charge is 2.43. The Bertz CT molecular complexity index is 148. The smallest absolute Gasteiger partial charge is 0.103 e. The Kier molecular flexibility index (Phi) is 4.16. The highest BCUT2D eigenvalue weighted by atomic mass is 16.5. The molecule has 1 aliphatic rings. The van der Waals surface area contributed by atoms with Crippen molar-refractivity contribution in [3.05, 3.63) is 0 Å². The lowest BCUT2D eigenvalue weighted by atomic mass is 9.99. The molecule has 0 bridgehead atoms. The summed E-state index contributed by atoms with van der Waals surface area (Å²) in [6, 6.07) is 0. The van der Waals surface area contributed by atoms with Gasteiger partial charge in [0.25, 0.3) is 0 Å². The minimum absolute atomic E-state index is 0.453. The largest absolute Gasteiger partial charge is 0.386 e. The van der Waals surface area contributed by atoms with Crippen LogP contribution in [0, 0.1) is 5.92 Å². The lowest BCUT2D eigenvalue weighted by molar-refractivity contribution is -0.0462. The molecule has 0 spiro atoms. The third-order valence-electron chi connectivity index (χ3n) is 2.59. The van der Waals surface area contributed by atoms with Crippen molar-refractivity contribution in [1.29, 1.82) is 0 Å². The molecular formula is C10H21NO2. The Morgan fingerprint density at radius 3 is 2.69 bits per heavy atom. The maximum absolute atomic E-state index is 10.2. The van der Waals surface area contributed by atoms with Crippen LogP contribution >= 0.6 is 0 Å². The van der Waals surface area contributed by atoms with Crippen LogP contribution in [0.25, 0.3) is 0 Å². The number of methoxy groups -OCH3 is 1. The van der Waals surface area contributed by atoms with Gasteiger partial charge >= 0.3 is 0 Å². The molecule has 0 radical (unpaired) electrons. The molecule has 0 aliphatic heterocycles. The molecule has 1 saturated carbocycles. The first-order valence-corrected chi connectivity index (χ1v) is 5.15. The van der Waals surface area contributed by atoms with Gasteiger partial charge in [-0.2, -0.15) is 0 Å². The molecule has 78 valence electrons. The number of ether oxygens (including phenoxy) is 1. The van der Waals surface area contributed by atoms with Crippen molar-refractivity contribution in [3.8, 4) is 0 Å². The lowest BCUT2D eigenvalue weighted by Crippen LogP contribution is -2.46. The van der Waals surface area contributed by atoms with Gasteiger partial charge in [-0.3, -0.25) is 0 Å². The zero-order valence-corrected chi connectivity index (χ0v) is 8.68. The van der Waals surface area contributed by atoms with Crippen LogP contribution in [-0.2, 0) is 4.74 Å². The van der Waals surface area contributed by atoms with Crippen molar-refractivity contribution in [2.75, 3.05) is 26.8 Å². The van der Waals surface area contributed by atoms with Gasteiger partial charge < -0.3 is 15.2 Å². The van der Waals surface area contributed by atoms with Gasteiger partial charge in [-0.15, -0.1) is 0 Å². The second-order valence-electron chi connectivity index (χ2n) is 3.99. The first kappa shape index (κ1) is 11.0. The maximum atomic E-state index is 10.2. The van der Waals surface area contributed by atoms with Gasteiger partial charge in [-0.05, 0) is 31.7 Å². The predicted octanol–water partition coefficient (Wildman–Crippen LogP) is 0.773. The van der Waals surface area contributed by atoms with Crippen LogP contribution in [0.1, 0.15) is 26.2 Å². The molecule has 1 fully saturated rings. The van der Waals surface area contributed by atoms with Gasteiger partial charge in [-0.25, -0.2) is 0 Å². The average Bonchev–Trinajstić information content (AvgIpc) is 2.87. The Morgan fingerprint density at radius 1 is 1.54 bits per heavy atom. The number of hydrogen-bond acceptors (Lipinski definition) is 3. The number of rotatable bonds is 7. The molecule has 0 aromatic heterocycles. The van der Waals surface area contributed by atoms with Gasteiger partial charge in [0.1, 0.15) is 5.60 Å². The lowest BCUT2D eigenvalue weighted by Gasteiger charge is -2.27. The van der Waals surface area contributed by atoms with Gasteiger partial charge in [0, 0.05) is 13.7 Å². The summed E-state index contributed by atoms with van der Waals surface area (Å²) >= 11 is 0. The second-order valence-corrected chi connectivity index (χ2v) is 3.99. The normalized spacial score (nSPS) is 21.5. The predicted molar refractivity (Wildman–Crippen MR) is 52.7 cm³/mol. The van der Waals surface area contributed by atoms with Crippen LogP contribution in [-0.4, -0.2) is 37.5 Å². The first-order chi connectivity index (χ1) is 6.23. The molecule has 3 heteroatoms. The molecule has 1 rings (SSSR count). The molecular weight excluding hydrogens is 166 g/mol. The summed E-state index contributed by atoms with van der Waals surface area (Å²) in [5, 5.41) is 13.4. The summed E-state index contributed by atoms with van der Waals surface area (Å²) in [7, 11) is 1.65. The van der Waals surface area contributed by atoms with Crippen molar-refractivity contribution in [1.82, 2.24) is 5.32 Å². The van der Waals surface area contributed by atoms with Crippen molar-refractivity contribution < 1.29 is 9.84 Å². The molecule has 13 heavy (non-hydrogen) atoms. The molecule has 3 nitrogen and oxygen atoms in total. The highest BCUT2D eigenvalue weighted by molar-refractivity contribution is 4.96. The van der Waals surface area contributed by atoms with E-state index in [1.807, 2.05) is 0 Å². The zero-order valence-electron chi connectivity index (χ0n) is 8.68. The first-order valence-electron chi connectivity index (χ1n) is 5.15. The van der Waals surface area contributed by atoms with Gasteiger partial charge in [-0.1, -0.05) is 6.92 Å². The molecule has 1 aliphatic carbocycles. The number of hydrogen-bond donors (Lipinski definition) is 2. The molecule has 0 saturated heterocycles. The van der Waals surface area contributed by atoms with Crippen LogP contribution < -0.4 is 5.32 Å². The monoisotopic (exact) mass is 187 g/mol. The molecule has 0 aromatic rings. The van der Waals surface area contributed by atoms with E-state index in [2.05, 4.69) is 12.2 Å². The van der Waals surface area contributed by atoms with Crippen molar-refractivity contribution in [2.45, 2.75) is 31.8 Å². The van der Waals surface area contributed by atoms with Crippen LogP contribution in [0.4, 0.5) is 0 Å². The summed E-state index contributed by atoms with van der Waals surface area (Å²) in [5.41, 5.74) is -0.621. The molecule has 0 aromatic carbocycles. The van der Waals surface area contributed by atoms with E-state index in [0.717, 1.165) is 25.8 Å². The van der Waals surface area contributed by atoms with E-state index >= 15 is 0 Å². The van der Waals surface area contributed by atoms with E-state index in [0.29, 0.717) is 19.1 Å². The van der Waals surface area contributed by atoms with Crippen LogP contribution in [0.5, 0.6) is 0 Å². The van der Waals surface area contributed by atoms with E-state index in [1.165, 1.54) is 0 Å². The summed E-state index contributed by atoms with van der Waals surface area (Å²) in [6.07, 6.45) is 3.40. The molecule has 1 unspecified atom stereocenters. The minimum Gasteiger partial charge on any atom is -0.386 e. The van der Waals surface area contributed by atoms with Gasteiger partial charge in [0.2, 0.25) is 0 Å². The van der Waals surface area contributed by atoms with Gasteiger partial charge in [0.05, 0.1) is 6.61 Å². The second kappa shape index (κ2) is 4.94. The van der Waals surface area contributed by atoms with Crippen LogP contribution in [0.3, 0.4) is 0 Å². The Balaban J connectivity index is 2.28. The molecule has 0 amide bonds. The SMILES string of the molecule is CCCNCC(O)(COC)C1CC1. The van der Waals surface area contributed by atoms with E-state index < -0.39 is 5.60 Å². The summed E-state index contributed by atoms with van der Waals surface area (Å²) in [6.45, 7) is 4.21. The third-order valence-corrected chi connectivity index (χ3v) is 2.59. The quantitative estimate of drug-likeness (QED) is 0.579. The van der Waals surface area contributed by atoms with Crippen molar-refractivity contribution >= 4 is 0 Å². The standard InChI is InChI=1S/C10H21NO2/c1-3-6-11-7-10(12,8-13-2)9-4-5-9/h9,11-12H,3-8H2,1-2H3. The average molecular weight is 187 g/mol. The molecule has 1 atom stereocenters. The third kappa shape index (κ3) is 3.25. The Morgan fingerprint density at radius 2 is 2.23 bits per heavy atom. The molecule has 0 heterocycles. The van der Waals surface area contributed by atoms with Crippen molar-refractivity contribution in [2.24, 2.45) is 5.92 Å². The van der Waals surface area contributed by atoms with Crippen LogP contribution in [0.15, 0.2) is 0 Å². The Labute approximate surface area is 80.5 Å². The van der Waals surface area contributed by atoms with E-state index in [-0.39, 0.29) is 0 Å². The topological polar surface area (TPSA) is 41.5 Å². The number of aliphatic hydroxyl groups is 1. The highest BCUT2D eigenvalue weighted by Crippen LogP contribution is 2.39. The zero-order chi connectivity index (χ0) is 9.73. The van der Waals surface area contributed by atoms with E-state index in [4.69, 9.17) is 4.74 Å². The van der Waals surface area contributed by atoms with Gasteiger partial charge in [0.15, 0.2) is 0 Å². The molecule has 2 N–H and O–H groups in total. The van der Waals surface area contributed by atoms with Crippen molar-refractivity contribution in [3.63, 3.8) is 0 Å².